The Kier molecular flexibility index (Phi) is 5.60. The van der Waals surface area contributed by atoms with E-state index in [-0.39, 0.29) is 18.1 Å². The monoisotopic (exact) mass is 298 g/mol. The number of hydrogen-bond acceptors (Lipinski definition) is 4. The Morgan fingerprint density at radius 3 is 2.77 bits per heavy atom. The average molecular weight is 298 g/mol. The molecule has 1 aliphatic rings. The lowest BCUT2D eigenvalue weighted by Gasteiger charge is -2.01. The molecule has 1 aromatic rings. The lowest BCUT2D eigenvalue weighted by atomic mass is 10.1. The smallest absolute Gasteiger partial charge is 0.331 e. The molecule has 0 heterocycles. The SMILES string of the molecule is O=C(/C=C/c1ccc(O)c(O)c1)OCC=CC1=CCCC=C1. The van der Waals surface area contributed by atoms with Crippen LogP contribution in [0, 0.1) is 0 Å². The van der Waals surface area contributed by atoms with Crippen molar-refractivity contribution in [2.24, 2.45) is 0 Å². The van der Waals surface area contributed by atoms with Crippen molar-refractivity contribution in [1.29, 1.82) is 0 Å². The third-order valence-corrected chi connectivity index (χ3v) is 3.07. The van der Waals surface area contributed by atoms with E-state index in [0.717, 1.165) is 18.4 Å². The van der Waals surface area contributed by atoms with E-state index in [4.69, 9.17) is 4.74 Å². The maximum absolute atomic E-state index is 11.5. The molecular weight excluding hydrogens is 280 g/mol. The van der Waals surface area contributed by atoms with Crippen LogP contribution in [0.5, 0.6) is 11.5 Å². The minimum atomic E-state index is -0.467. The van der Waals surface area contributed by atoms with Gasteiger partial charge in [-0.3, -0.25) is 0 Å². The fraction of sp³-hybridized carbons (Fsp3) is 0.167. The summed E-state index contributed by atoms with van der Waals surface area (Å²) >= 11 is 0. The Morgan fingerprint density at radius 1 is 1.18 bits per heavy atom. The first kappa shape index (κ1) is 15.6. The number of carbonyl (C=O) groups is 1. The standard InChI is InChI=1S/C18H18O4/c19-16-10-8-15(13-17(16)20)9-11-18(21)22-12-4-7-14-5-2-1-3-6-14/h2,4-11,13,19-20H,1,3,12H2/b7-4?,11-9+. The molecule has 22 heavy (non-hydrogen) atoms. The van der Waals surface area contributed by atoms with Gasteiger partial charge in [0.2, 0.25) is 0 Å². The van der Waals surface area contributed by atoms with Crippen LogP contribution in [0.25, 0.3) is 6.08 Å². The minimum absolute atomic E-state index is 0.198. The van der Waals surface area contributed by atoms with Gasteiger partial charge in [-0.1, -0.05) is 30.4 Å². The maximum Gasteiger partial charge on any atom is 0.331 e. The molecule has 4 heteroatoms. The normalized spacial score (nSPS) is 14.5. The van der Waals surface area contributed by atoms with Crippen LogP contribution in [0.1, 0.15) is 18.4 Å². The van der Waals surface area contributed by atoms with Crippen LogP contribution < -0.4 is 0 Å². The highest BCUT2D eigenvalue weighted by Gasteiger charge is 1.99. The van der Waals surface area contributed by atoms with Crippen molar-refractivity contribution in [3.8, 4) is 11.5 Å². The van der Waals surface area contributed by atoms with Crippen LogP contribution in [-0.2, 0) is 9.53 Å². The number of rotatable bonds is 5. The Bertz CT molecular complexity index is 651. The van der Waals surface area contributed by atoms with Crippen molar-refractivity contribution in [2.75, 3.05) is 6.61 Å². The van der Waals surface area contributed by atoms with E-state index in [9.17, 15) is 15.0 Å². The van der Waals surface area contributed by atoms with Gasteiger partial charge < -0.3 is 14.9 Å². The van der Waals surface area contributed by atoms with E-state index in [1.807, 2.05) is 12.2 Å². The van der Waals surface area contributed by atoms with Gasteiger partial charge in [-0.05, 0) is 48.3 Å². The predicted octanol–water partition coefficient (Wildman–Crippen LogP) is 3.49. The zero-order valence-corrected chi connectivity index (χ0v) is 12.1. The van der Waals surface area contributed by atoms with Gasteiger partial charge in [-0.25, -0.2) is 4.79 Å². The van der Waals surface area contributed by atoms with Crippen molar-refractivity contribution < 1.29 is 19.7 Å². The Hall–Kier alpha value is -2.75. The summed E-state index contributed by atoms with van der Waals surface area (Å²) in [4.78, 5) is 11.5. The molecule has 114 valence electrons. The van der Waals surface area contributed by atoms with Crippen molar-refractivity contribution in [2.45, 2.75) is 12.8 Å². The number of carbonyl (C=O) groups excluding carboxylic acids is 1. The second kappa shape index (κ2) is 7.88. The molecule has 0 radical (unpaired) electrons. The number of hydrogen-bond donors (Lipinski definition) is 2. The highest BCUT2D eigenvalue weighted by molar-refractivity contribution is 5.87. The minimum Gasteiger partial charge on any atom is -0.504 e. The molecule has 0 atom stereocenters. The van der Waals surface area contributed by atoms with Crippen LogP contribution in [0.3, 0.4) is 0 Å². The molecule has 0 saturated carbocycles. The van der Waals surface area contributed by atoms with Gasteiger partial charge in [-0.15, -0.1) is 0 Å². The van der Waals surface area contributed by atoms with Crippen LogP contribution in [0.4, 0.5) is 0 Å². The number of ether oxygens (including phenoxy) is 1. The van der Waals surface area contributed by atoms with Gasteiger partial charge in [0.05, 0.1) is 0 Å². The third kappa shape index (κ3) is 4.98. The number of benzene rings is 1. The quantitative estimate of drug-likeness (QED) is 0.496. The van der Waals surface area contributed by atoms with Crippen LogP contribution >= 0.6 is 0 Å². The summed E-state index contributed by atoms with van der Waals surface area (Å²) in [7, 11) is 0. The first-order valence-corrected chi connectivity index (χ1v) is 7.05. The number of phenols is 2. The fourth-order valence-electron chi connectivity index (χ4n) is 1.93. The van der Waals surface area contributed by atoms with E-state index in [1.165, 1.54) is 24.3 Å². The highest BCUT2D eigenvalue weighted by Crippen LogP contribution is 2.25. The zero-order valence-electron chi connectivity index (χ0n) is 12.1. The molecule has 2 N–H and O–H groups in total. The maximum atomic E-state index is 11.5. The van der Waals surface area contributed by atoms with Crippen molar-refractivity contribution >= 4 is 12.0 Å². The number of aromatic hydroxyl groups is 2. The molecule has 1 aromatic carbocycles. The Balaban J connectivity index is 1.78. The van der Waals surface area contributed by atoms with Crippen molar-refractivity contribution in [3.05, 3.63) is 65.8 Å². The molecule has 0 fully saturated rings. The average Bonchev–Trinajstić information content (AvgIpc) is 2.54. The molecule has 0 spiro atoms. The molecule has 0 unspecified atom stereocenters. The van der Waals surface area contributed by atoms with Gasteiger partial charge in [0, 0.05) is 6.08 Å². The van der Waals surface area contributed by atoms with Gasteiger partial charge in [0.15, 0.2) is 11.5 Å². The van der Waals surface area contributed by atoms with E-state index in [2.05, 4.69) is 12.2 Å². The fourth-order valence-corrected chi connectivity index (χ4v) is 1.93. The Labute approximate surface area is 129 Å². The van der Waals surface area contributed by atoms with Crippen LogP contribution in [-0.4, -0.2) is 22.8 Å². The van der Waals surface area contributed by atoms with E-state index < -0.39 is 5.97 Å². The molecule has 0 aliphatic heterocycles. The summed E-state index contributed by atoms with van der Waals surface area (Å²) in [5.74, 6) is -0.895. The number of allylic oxidation sites excluding steroid dienone is 5. The van der Waals surface area contributed by atoms with Crippen LogP contribution in [0.2, 0.25) is 0 Å². The highest BCUT2D eigenvalue weighted by atomic mass is 16.5. The number of phenolic OH excluding ortho intramolecular Hbond substituents is 2. The molecule has 2 rings (SSSR count). The van der Waals surface area contributed by atoms with Gasteiger partial charge >= 0.3 is 5.97 Å². The Morgan fingerprint density at radius 2 is 2.05 bits per heavy atom. The first-order chi connectivity index (χ1) is 10.6. The zero-order chi connectivity index (χ0) is 15.8. The van der Waals surface area contributed by atoms with Crippen molar-refractivity contribution in [1.82, 2.24) is 0 Å². The molecule has 0 saturated heterocycles. The van der Waals surface area contributed by atoms with E-state index in [0.29, 0.717) is 5.56 Å². The lowest BCUT2D eigenvalue weighted by Crippen LogP contribution is -2.00. The molecular formula is C18H18O4. The summed E-state index contributed by atoms with van der Waals surface area (Å²) in [6.07, 6.45) is 14.9. The summed E-state index contributed by atoms with van der Waals surface area (Å²) in [5.41, 5.74) is 1.72. The summed E-state index contributed by atoms with van der Waals surface area (Å²) in [6.45, 7) is 0.204. The third-order valence-electron chi connectivity index (χ3n) is 3.07. The second-order valence-corrected chi connectivity index (χ2v) is 4.80. The summed E-state index contributed by atoms with van der Waals surface area (Å²) in [5, 5.41) is 18.5. The van der Waals surface area contributed by atoms with Crippen molar-refractivity contribution in [3.63, 3.8) is 0 Å². The molecule has 4 nitrogen and oxygen atoms in total. The second-order valence-electron chi connectivity index (χ2n) is 4.80. The van der Waals surface area contributed by atoms with Gasteiger partial charge in [0.25, 0.3) is 0 Å². The summed E-state index contributed by atoms with van der Waals surface area (Å²) < 4.78 is 5.03. The van der Waals surface area contributed by atoms with E-state index >= 15 is 0 Å². The first-order valence-electron chi connectivity index (χ1n) is 7.05. The predicted molar refractivity (Wildman–Crippen MR) is 85.4 cm³/mol. The molecule has 1 aliphatic carbocycles. The topological polar surface area (TPSA) is 66.8 Å². The van der Waals surface area contributed by atoms with Crippen LogP contribution in [0.15, 0.2) is 60.2 Å². The lowest BCUT2D eigenvalue weighted by molar-refractivity contribution is -0.136. The van der Waals surface area contributed by atoms with Gasteiger partial charge in [0.1, 0.15) is 6.61 Å². The largest absolute Gasteiger partial charge is 0.504 e. The molecule has 0 amide bonds. The molecule has 0 aromatic heterocycles. The molecule has 0 bridgehead atoms. The van der Waals surface area contributed by atoms with Gasteiger partial charge in [-0.2, -0.15) is 0 Å². The summed E-state index contributed by atoms with van der Waals surface area (Å²) in [6, 6.07) is 4.30. The number of esters is 1. The van der Waals surface area contributed by atoms with E-state index in [1.54, 1.807) is 12.1 Å².